The predicted octanol–water partition coefficient (Wildman–Crippen LogP) is 2.11. The van der Waals surface area contributed by atoms with Crippen molar-refractivity contribution < 1.29 is 17.9 Å². The van der Waals surface area contributed by atoms with Gasteiger partial charge in [-0.15, -0.1) is 0 Å². The van der Waals surface area contributed by atoms with Crippen molar-refractivity contribution >= 4 is 27.5 Å². The van der Waals surface area contributed by atoms with Gasteiger partial charge in [0.15, 0.2) is 0 Å². The van der Waals surface area contributed by atoms with Crippen LogP contribution < -0.4 is 4.72 Å². The summed E-state index contributed by atoms with van der Waals surface area (Å²) in [5, 5.41) is 0.214. The van der Waals surface area contributed by atoms with E-state index in [1.54, 1.807) is 25.1 Å². The van der Waals surface area contributed by atoms with Crippen LogP contribution in [0.3, 0.4) is 0 Å². The number of rotatable bonds is 7. The summed E-state index contributed by atoms with van der Waals surface area (Å²) in [6, 6.07) is 7.02. The number of likely N-dealkylation sites (tertiary alicyclic amines) is 1. The Kier molecular flexibility index (Phi) is 7.92. The molecular weight excluding hydrogens is 414 g/mol. The molecule has 1 atom stereocenters. The number of amides is 1. The Balaban J connectivity index is 1.67. The van der Waals surface area contributed by atoms with Crippen molar-refractivity contribution in [3.8, 4) is 0 Å². The minimum Gasteiger partial charge on any atom is -0.381 e. The molecule has 2 heterocycles. The summed E-state index contributed by atoms with van der Waals surface area (Å²) in [5.41, 5.74) is 0. The average molecular weight is 444 g/mol. The molecule has 9 heteroatoms. The fourth-order valence-corrected chi connectivity index (χ4v) is 5.78. The number of halogens is 1. The smallest absolute Gasteiger partial charge is 0.242 e. The lowest BCUT2D eigenvalue weighted by Crippen LogP contribution is -2.55. The molecule has 1 unspecified atom stereocenters. The SMILES string of the molecule is CC(=O)N1CCCC(N(CCNS(=O)(=O)c2ccccc2Cl)C2CCOCC2)C1. The second-order valence-electron chi connectivity index (χ2n) is 7.67. The lowest BCUT2D eigenvalue weighted by molar-refractivity contribution is -0.131. The zero-order valence-electron chi connectivity index (χ0n) is 16.8. The van der Waals surface area contributed by atoms with Crippen molar-refractivity contribution in [1.82, 2.24) is 14.5 Å². The molecule has 7 nitrogen and oxygen atoms in total. The molecule has 2 aliphatic heterocycles. The molecule has 0 aliphatic carbocycles. The van der Waals surface area contributed by atoms with Gasteiger partial charge in [-0.1, -0.05) is 23.7 Å². The standard InChI is InChI=1S/C20H30ClN3O4S/c1-16(25)23-11-4-5-18(15-23)24(17-8-13-28-14-9-17)12-10-22-29(26,27)20-7-3-2-6-19(20)21/h2-3,6-7,17-18,22H,4-5,8-15H2,1H3. The number of piperidine rings is 1. The van der Waals surface area contributed by atoms with E-state index in [4.69, 9.17) is 16.3 Å². The van der Waals surface area contributed by atoms with Crippen LogP contribution in [0.15, 0.2) is 29.2 Å². The largest absolute Gasteiger partial charge is 0.381 e. The lowest BCUT2D eigenvalue weighted by Gasteiger charge is -2.44. The first-order valence-electron chi connectivity index (χ1n) is 10.2. The minimum atomic E-state index is -3.67. The maximum atomic E-state index is 12.6. The van der Waals surface area contributed by atoms with Crippen LogP contribution in [0.2, 0.25) is 5.02 Å². The van der Waals surface area contributed by atoms with Crippen LogP contribution in [0.4, 0.5) is 0 Å². The molecule has 1 aromatic carbocycles. The molecule has 1 N–H and O–H groups in total. The zero-order chi connectivity index (χ0) is 20.9. The third-order valence-electron chi connectivity index (χ3n) is 5.76. The summed E-state index contributed by atoms with van der Waals surface area (Å²) in [7, 11) is -3.67. The van der Waals surface area contributed by atoms with E-state index in [9.17, 15) is 13.2 Å². The highest BCUT2D eigenvalue weighted by atomic mass is 35.5. The quantitative estimate of drug-likeness (QED) is 0.698. The summed E-state index contributed by atoms with van der Waals surface area (Å²) < 4.78 is 33.5. The zero-order valence-corrected chi connectivity index (χ0v) is 18.4. The van der Waals surface area contributed by atoms with Gasteiger partial charge in [0, 0.05) is 58.4 Å². The predicted molar refractivity (Wildman–Crippen MR) is 112 cm³/mol. The first-order valence-corrected chi connectivity index (χ1v) is 12.1. The van der Waals surface area contributed by atoms with E-state index in [0.717, 1.165) is 45.4 Å². The topological polar surface area (TPSA) is 79.0 Å². The van der Waals surface area contributed by atoms with Crippen LogP contribution >= 0.6 is 11.6 Å². The molecule has 0 spiro atoms. The van der Waals surface area contributed by atoms with Gasteiger partial charge in [0.1, 0.15) is 4.90 Å². The maximum Gasteiger partial charge on any atom is 0.242 e. The van der Waals surface area contributed by atoms with Crippen molar-refractivity contribution in [1.29, 1.82) is 0 Å². The monoisotopic (exact) mass is 443 g/mol. The number of benzene rings is 1. The van der Waals surface area contributed by atoms with Gasteiger partial charge in [-0.3, -0.25) is 9.69 Å². The number of carbonyl (C=O) groups excluding carboxylic acids is 1. The third kappa shape index (κ3) is 5.92. The highest BCUT2D eigenvalue weighted by molar-refractivity contribution is 7.89. The fraction of sp³-hybridized carbons (Fsp3) is 0.650. The van der Waals surface area contributed by atoms with Gasteiger partial charge in [0.2, 0.25) is 15.9 Å². The lowest BCUT2D eigenvalue weighted by atomic mass is 9.98. The van der Waals surface area contributed by atoms with Gasteiger partial charge in [-0.05, 0) is 37.8 Å². The van der Waals surface area contributed by atoms with E-state index in [1.165, 1.54) is 6.07 Å². The summed E-state index contributed by atoms with van der Waals surface area (Å²) >= 11 is 6.06. The summed E-state index contributed by atoms with van der Waals surface area (Å²) in [5.74, 6) is 0.0982. The molecule has 2 fully saturated rings. The van der Waals surface area contributed by atoms with E-state index in [1.807, 2.05) is 4.90 Å². The van der Waals surface area contributed by atoms with Crippen LogP contribution in [0.25, 0.3) is 0 Å². The summed E-state index contributed by atoms with van der Waals surface area (Å²) in [6.07, 6.45) is 3.83. The van der Waals surface area contributed by atoms with Crippen molar-refractivity contribution in [2.75, 3.05) is 39.4 Å². The molecule has 3 rings (SSSR count). The molecule has 0 saturated carbocycles. The van der Waals surface area contributed by atoms with Gasteiger partial charge in [0.25, 0.3) is 0 Å². The van der Waals surface area contributed by atoms with Gasteiger partial charge in [-0.2, -0.15) is 0 Å². The first-order chi connectivity index (χ1) is 13.9. The Morgan fingerprint density at radius 1 is 1.24 bits per heavy atom. The Morgan fingerprint density at radius 3 is 2.66 bits per heavy atom. The van der Waals surface area contributed by atoms with E-state index >= 15 is 0 Å². The number of hydrogen-bond donors (Lipinski definition) is 1. The number of sulfonamides is 1. The molecule has 2 saturated heterocycles. The molecule has 0 radical (unpaired) electrons. The fourth-order valence-electron chi connectivity index (χ4n) is 4.24. The van der Waals surface area contributed by atoms with Crippen LogP contribution in [-0.2, 0) is 19.6 Å². The molecule has 29 heavy (non-hydrogen) atoms. The third-order valence-corrected chi connectivity index (χ3v) is 7.72. The van der Waals surface area contributed by atoms with Gasteiger partial charge in [-0.25, -0.2) is 13.1 Å². The van der Waals surface area contributed by atoms with Crippen molar-refractivity contribution in [2.24, 2.45) is 0 Å². The summed E-state index contributed by atoms with van der Waals surface area (Å²) in [6.45, 7) is 5.42. The molecular formula is C20H30ClN3O4S. The maximum absolute atomic E-state index is 12.6. The molecule has 0 aromatic heterocycles. The van der Waals surface area contributed by atoms with E-state index in [-0.39, 0.29) is 21.9 Å². The molecule has 1 amide bonds. The number of nitrogens with zero attached hydrogens (tertiary/aromatic N) is 2. The highest BCUT2D eigenvalue weighted by Crippen LogP contribution is 2.24. The van der Waals surface area contributed by atoms with Crippen LogP contribution in [0.1, 0.15) is 32.6 Å². The molecule has 0 bridgehead atoms. The average Bonchev–Trinajstić information content (AvgIpc) is 2.72. The van der Waals surface area contributed by atoms with Gasteiger partial charge < -0.3 is 9.64 Å². The van der Waals surface area contributed by atoms with Crippen LogP contribution in [-0.4, -0.2) is 75.6 Å². The Bertz CT molecular complexity index is 799. The Morgan fingerprint density at radius 2 is 1.97 bits per heavy atom. The van der Waals surface area contributed by atoms with Crippen molar-refractivity contribution in [3.05, 3.63) is 29.3 Å². The van der Waals surface area contributed by atoms with E-state index < -0.39 is 10.0 Å². The second-order valence-corrected chi connectivity index (χ2v) is 9.81. The Hall–Kier alpha value is -1.19. The normalized spacial score (nSPS) is 21.5. The number of hydrogen-bond acceptors (Lipinski definition) is 5. The van der Waals surface area contributed by atoms with Crippen LogP contribution in [0, 0.1) is 0 Å². The van der Waals surface area contributed by atoms with Gasteiger partial charge in [0.05, 0.1) is 5.02 Å². The van der Waals surface area contributed by atoms with E-state index in [2.05, 4.69) is 9.62 Å². The number of ether oxygens (including phenoxy) is 1. The highest BCUT2D eigenvalue weighted by Gasteiger charge is 2.32. The second kappa shape index (κ2) is 10.2. The molecule has 2 aliphatic rings. The van der Waals surface area contributed by atoms with Gasteiger partial charge >= 0.3 is 0 Å². The minimum absolute atomic E-state index is 0.0969. The van der Waals surface area contributed by atoms with Crippen molar-refractivity contribution in [2.45, 2.75) is 49.6 Å². The molecule has 1 aromatic rings. The molecule has 162 valence electrons. The number of nitrogens with one attached hydrogen (secondary N) is 1. The first kappa shape index (κ1) is 22.5. The number of carbonyl (C=O) groups is 1. The Labute approximate surface area is 178 Å². The van der Waals surface area contributed by atoms with Crippen molar-refractivity contribution in [3.63, 3.8) is 0 Å². The van der Waals surface area contributed by atoms with Crippen LogP contribution in [0.5, 0.6) is 0 Å². The summed E-state index contributed by atoms with van der Waals surface area (Å²) in [4.78, 5) is 16.2. The van der Waals surface area contributed by atoms with E-state index in [0.29, 0.717) is 25.7 Å².